The molecule has 0 radical (unpaired) electrons. The number of hydrogen-bond donors (Lipinski definition) is 1. The monoisotopic (exact) mass is 333 g/mol. The Labute approximate surface area is 116 Å². The summed E-state index contributed by atoms with van der Waals surface area (Å²) in [4.78, 5) is 0. The first-order valence-corrected chi connectivity index (χ1v) is 6.30. The quantitative estimate of drug-likeness (QED) is 0.856. The van der Waals surface area contributed by atoms with Crippen molar-refractivity contribution < 1.29 is 17.6 Å². The molecule has 19 heavy (non-hydrogen) atoms. The van der Waals surface area contributed by atoms with E-state index in [0.29, 0.717) is 22.5 Å². The Bertz CT molecular complexity index is 578. The van der Waals surface area contributed by atoms with Crippen molar-refractivity contribution in [2.45, 2.75) is 19.6 Å². The summed E-state index contributed by atoms with van der Waals surface area (Å²) >= 11 is 3.08. The lowest BCUT2D eigenvalue weighted by atomic mass is 10.2. The molecule has 2 aromatic rings. The first kappa shape index (κ1) is 14.0. The van der Waals surface area contributed by atoms with Crippen LogP contribution >= 0.6 is 15.9 Å². The van der Waals surface area contributed by atoms with Gasteiger partial charge in [0.1, 0.15) is 5.76 Å². The van der Waals surface area contributed by atoms with E-state index in [-0.39, 0.29) is 0 Å². The van der Waals surface area contributed by atoms with E-state index in [0.717, 1.165) is 17.7 Å². The maximum absolute atomic E-state index is 12.7. The van der Waals surface area contributed by atoms with Gasteiger partial charge in [-0.2, -0.15) is 13.2 Å². The molecule has 0 unspecified atom stereocenters. The molecule has 0 saturated carbocycles. The molecule has 0 aliphatic rings. The van der Waals surface area contributed by atoms with Crippen molar-refractivity contribution >= 4 is 21.6 Å². The first-order chi connectivity index (χ1) is 8.86. The van der Waals surface area contributed by atoms with Gasteiger partial charge < -0.3 is 9.73 Å². The average Bonchev–Trinajstić information content (AvgIpc) is 2.70. The Morgan fingerprint density at radius 1 is 1.26 bits per heavy atom. The van der Waals surface area contributed by atoms with Gasteiger partial charge in [0, 0.05) is 10.2 Å². The van der Waals surface area contributed by atoms with Crippen LogP contribution in [0.1, 0.15) is 16.9 Å². The van der Waals surface area contributed by atoms with Gasteiger partial charge in [0.25, 0.3) is 0 Å². The SMILES string of the molecule is Cc1ccoc1CNc1cc(Br)cc(C(F)(F)F)c1. The number of hydrogen-bond acceptors (Lipinski definition) is 2. The lowest BCUT2D eigenvalue weighted by molar-refractivity contribution is -0.137. The molecule has 2 rings (SSSR count). The molecule has 6 heteroatoms. The summed E-state index contributed by atoms with van der Waals surface area (Å²) in [6.07, 6.45) is -2.81. The van der Waals surface area contributed by atoms with Crippen LogP contribution in [0.3, 0.4) is 0 Å². The van der Waals surface area contributed by atoms with Crippen LogP contribution in [0, 0.1) is 6.92 Å². The number of nitrogens with one attached hydrogen (secondary N) is 1. The zero-order valence-corrected chi connectivity index (χ0v) is 11.6. The van der Waals surface area contributed by atoms with Crippen molar-refractivity contribution in [2.75, 3.05) is 5.32 Å². The Hall–Kier alpha value is -1.43. The van der Waals surface area contributed by atoms with Gasteiger partial charge in [-0.1, -0.05) is 15.9 Å². The highest BCUT2D eigenvalue weighted by molar-refractivity contribution is 9.10. The molecule has 102 valence electrons. The van der Waals surface area contributed by atoms with E-state index in [1.807, 2.05) is 6.92 Å². The summed E-state index contributed by atoms with van der Waals surface area (Å²) < 4.78 is 43.6. The third-order valence-electron chi connectivity index (χ3n) is 2.65. The molecule has 0 aliphatic heterocycles. The topological polar surface area (TPSA) is 25.2 Å². The summed E-state index contributed by atoms with van der Waals surface area (Å²) in [5.74, 6) is 0.702. The summed E-state index contributed by atoms with van der Waals surface area (Å²) in [6, 6.07) is 5.51. The second-order valence-electron chi connectivity index (χ2n) is 4.11. The number of furan rings is 1. The average molecular weight is 334 g/mol. The number of aryl methyl sites for hydroxylation is 1. The van der Waals surface area contributed by atoms with Crippen LogP contribution in [0.15, 0.2) is 39.4 Å². The van der Waals surface area contributed by atoms with E-state index in [1.54, 1.807) is 18.4 Å². The summed E-state index contributed by atoms with van der Waals surface area (Å²) in [5, 5.41) is 2.92. The predicted molar refractivity (Wildman–Crippen MR) is 69.9 cm³/mol. The number of rotatable bonds is 3. The Morgan fingerprint density at radius 3 is 2.58 bits per heavy atom. The molecule has 0 fully saturated rings. The second-order valence-corrected chi connectivity index (χ2v) is 5.02. The van der Waals surface area contributed by atoms with E-state index < -0.39 is 11.7 Å². The highest BCUT2D eigenvalue weighted by atomic mass is 79.9. The lowest BCUT2D eigenvalue weighted by Gasteiger charge is -2.11. The molecule has 0 saturated heterocycles. The van der Waals surface area contributed by atoms with Crippen molar-refractivity contribution in [3.63, 3.8) is 0 Å². The Balaban J connectivity index is 2.17. The van der Waals surface area contributed by atoms with Gasteiger partial charge in [0.2, 0.25) is 0 Å². The Kier molecular flexibility index (Phi) is 3.89. The molecular weight excluding hydrogens is 323 g/mol. The largest absolute Gasteiger partial charge is 0.467 e. The standard InChI is InChI=1S/C13H11BrF3NO/c1-8-2-3-19-12(8)7-18-11-5-9(13(15,16)17)4-10(14)6-11/h2-6,18H,7H2,1H3. The minimum Gasteiger partial charge on any atom is -0.467 e. The Morgan fingerprint density at radius 2 is 2.00 bits per heavy atom. The van der Waals surface area contributed by atoms with Crippen LogP contribution in [0.4, 0.5) is 18.9 Å². The smallest absolute Gasteiger partial charge is 0.416 e. The zero-order chi connectivity index (χ0) is 14.0. The molecule has 0 aliphatic carbocycles. The maximum atomic E-state index is 12.7. The highest BCUT2D eigenvalue weighted by Crippen LogP contribution is 2.33. The molecule has 0 amide bonds. The molecule has 0 spiro atoms. The van der Waals surface area contributed by atoms with Crippen molar-refractivity contribution in [1.29, 1.82) is 0 Å². The van der Waals surface area contributed by atoms with Crippen molar-refractivity contribution in [3.05, 3.63) is 51.9 Å². The molecule has 2 nitrogen and oxygen atoms in total. The van der Waals surface area contributed by atoms with Crippen molar-refractivity contribution in [3.8, 4) is 0 Å². The minimum absolute atomic E-state index is 0.340. The van der Waals surface area contributed by atoms with Gasteiger partial charge in [-0.25, -0.2) is 0 Å². The van der Waals surface area contributed by atoms with Crippen LogP contribution < -0.4 is 5.32 Å². The van der Waals surface area contributed by atoms with E-state index >= 15 is 0 Å². The van der Waals surface area contributed by atoms with Gasteiger partial charge >= 0.3 is 6.18 Å². The van der Waals surface area contributed by atoms with Gasteiger partial charge in [-0.05, 0) is 36.8 Å². The number of halogens is 4. The molecule has 1 aromatic heterocycles. The number of alkyl halides is 3. The molecule has 1 heterocycles. The molecule has 0 atom stereocenters. The highest BCUT2D eigenvalue weighted by Gasteiger charge is 2.31. The molecule has 1 aromatic carbocycles. The van der Waals surface area contributed by atoms with Crippen LogP contribution in [0.5, 0.6) is 0 Å². The van der Waals surface area contributed by atoms with Gasteiger partial charge in [0.15, 0.2) is 0 Å². The third-order valence-corrected chi connectivity index (χ3v) is 3.10. The summed E-state index contributed by atoms with van der Waals surface area (Å²) in [7, 11) is 0. The van der Waals surface area contributed by atoms with Gasteiger partial charge in [-0.15, -0.1) is 0 Å². The predicted octanol–water partition coefficient (Wildman–Crippen LogP) is 4.98. The van der Waals surface area contributed by atoms with Crippen LogP contribution in [-0.2, 0) is 12.7 Å². The molecular formula is C13H11BrF3NO. The summed E-state index contributed by atoms with van der Waals surface area (Å²) in [6.45, 7) is 2.22. The fraction of sp³-hybridized carbons (Fsp3) is 0.231. The van der Waals surface area contributed by atoms with Crippen LogP contribution in [0.2, 0.25) is 0 Å². The molecule has 1 N–H and O–H groups in total. The van der Waals surface area contributed by atoms with E-state index in [2.05, 4.69) is 21.2 Å². The maximum Gasteiger partial charge on any atom is 0.416 e. The summed E-state index contributed by atoms with van der Waals surface area (Å²) in [5.41, 5.74) is 0.650. The van der Waals surface area contributed by atoms with Gasteiger partial charge in [0.05, 0.1) is 18.4 Å². The first-order valence-electron chi connectivity index (χ1n) is 5.51. The zero-order valence-electron chi connectivity index (χ0n) is 10.0. The molecule has 0 bridgehead atoms. The van der Waals surface area contributed by atoms with E-state index in [1.165, 1.54) is 0 Å². The van der Waals surface area contributed by atoms with E-state index in [9.17, 15) is 13.2 Å². The number of anilines is 1. The van der Waals surface area contributed by atoms with Gasteiger partial charge in [-0.3, -0.25) is 0 Å². The van der Waals surface area contributed by atoms with Crippen molar-refractivity contribution in [1.82, 2.24) is 0 Å². The van der Waals surface area contributed by atoms with Crippen LogP contribution in [-0.4, -0.2) is 0 Å². The second kappa shape index (κ2) is 5.28. The third kappa shape index (κ3) is 3.53. The minimum atomic E-state index is -4.36. The van der Waals surface area contributed by atoms with E-state index in [4.69, 9.17) is 4.42 Å². The lowest BCUT2D eigenvalue weighted by Crippen LogP contribution is -2.07. The van der Waals surface area contributed by atoms with Crippen LogP contribution in [0.25, 0.3) is 0 Å². The fourth-order valence-electron chi connectivity index (χ4n) is 1.62. The normalized spacial score (nSPS) is 11.6. The number of benzene rings is 1. The fourth-order valence-corrected chi connectivity index (χ4v) is 2.12. The van der Waals surface area contributed by atoms with Crippen molar-refractivity contribution in [2.24, 2.45) is 0 Å².